The van der Waals surface area contributed by atoms with Crippen LogP contribution >= 0.6 is 0 Å². The van der Waals surface area contributed by atoms with Gasteiger partial charge in [-0.05, 0) is 6.42 Å². The molecule has 56 valence electrons. The van der Waals surface area contributed by atoms with E-state index in [2.05, 4.69) is 11.3 Å². The molecule has 0 fully saturated rings. The molecule has 0 heterocycles. The summed E-state index contributed by atoms with van der Waals surface area (Å²) in [6, 6.07) is 0. The van der Waals surface area contributed by atoms with Gasteiger partial charge in [-0.2, -0.15) is 0 Å². The van der Waals surface area contributed by atoms with Crippen LogP contribution < -0.4 is 0 Å². The van der Waals surface area contributed by atoms with Crippen molar-refractivity contribution in [2.75, 3.05) is 0 Å². The van der Waals surface area contributed by atoms with E-state index in [9.17, 15) is 9.59 Å². The van der Waals surface area contributed by atoms with Gasteiger partial charge >= 0.3 is 12.1 Å². The quantitative estimate of drug-likeness (QED) is 0.359. The topological polar surface area (TPSA) is 63.6 Å². The molecule has 0 aliphatic carbocycles. The minimum absolute atomic E-state index is 0.155. The lowest BCUT2D eigenvalue weighted by molar-refractivity contribution is -0.134. The second-order valence-electron chi connectivity index (χ2n) is 1.61. The molecule has 4 heteroatoms. The van der Waals surface area contributed by atoms with Crippen molar-refractivity contribution in [2.24, 2.45) is 0 Å². The third kappa shape index (κ3) is 2.86. The monoisotopic (exact) mass is 144 g/mol. The van der Waals surface area contributed by atoms with Crippen molar-refractivity contribution in [3.63, 3.8) is 0 Å². The lowest BCUT2D eigenvalue weighted by atomic mass is 10.2. The second kappa shape index (κ2) is 3.66. The molecule has 0 saturated carbocycles. The summed E-state index contributed by atoms with van der Waals surface area (Å²) in [4.78, 5) is 20.2. The van der Waals surface area contributed by atoms with Gasteiger partial charge in [0.15, 0.2) is 0 Å². The standard InChI is InChI=1S/C6H8O4/c1-3-4(2)5(7)10-6(8)9/h2-3H2,1H3,(H,8,9). The molecule has 0 amide bonds. The molecule has 0 unspecified atom stereocenters. The fraction of sp³-hybridized carbons (Fsp3) is 0.333. The normalized spacial score (nSPS) is 8.50. The van der Waals surface area contributed by atoms with E-state index in [-0.39, 0.29) is 5.57 Å². The van der Waals surface area contributed by atoms with Gasteiger partial charge in [0.2, 0.25) is 0 Å². The Kier molecular flexibility index (Phi) is 3.17. The molecule has 0 rings (SSSR count). The molecule has 0 radical (unpaired) electrons. The van der Waals surface area contributed by atoms with E-state index >= 15 is 0 Å². The predicted molar refractivity (Wildman–Crippen MR) is 33.5 cm³/mol. The number of hydrogen-bond donors (Lipinski definition) is 1. The highest BCUT2D eigenvalue weighted by Crippen LogP contribution is 1.98. The SMILES string of the molecule is C=C(CC)C(=O)OC(=O)O. The molecule has 4 nitrogen and oxygen atoms in total. The zero-order valence-electron chi connectivity index (χ0n) is 5.59. The summed E-state index contributed by atoms with van der Waals surface area (Å²) < 4.78 is 3.78. The lowest BCUT2D eigenvalue weighted by Crippen LogP contribution is -2.10. The van der Waals surface area contributed by atoms with Gasteiger partial charge in [-0.15, -0.1) is 0 Å². The van der Waals surface area contributed by atoms with E-state index in [1.165, 1.54) is 0 Å². The zero-order valence-corrected chi connectivity index (χ0v) is 5.59. The van der Waals surface area contributed by atoms with Gasteiger partial charge in [0.05, 0.1) is 0 Å². The number of hydrogen-bond acceptors (Lipinski definition) is 3. The Morgan fingerprint density at radius 1 is 1.60 bits per heavy atom. The van der Waals surface area contributed by atoms with Gasteiger partial charge in [0.25, 0.3) is 0 Å². The van der Waals surface area contributed by atoms with Gasteiger partial charge in [-0.1, -0.05) is 13.5 Å². The largest absolute Gasteiger partial charge is 0.513 e. The summed E-state index contributed by atoms with van der Waals surface area (Å²) in [7, 11) is 0. The number of ether oxygens (including phenoxy) is 1. The number of carbonyl (C=O) groups excluding carboxylic acids is 1. The maximum absolute atomic E-state index is 10.5. The summed E-state index contributed by atoms with van der Waals surface area (Å²) in [5.74, 6) is -0.880. The van der Waals surface area contributed by atoms with Gasteiger partial charge in [0, 0.05) is 5.57 Å². The van der Waals surface area contributed by atoms with Gasteiger partial charge < -0.3 is 9.84 Å². The zero-order chi connectivity index (χ0) is 8.15. The molecule has 0 spiro atoms. The van der Waals surface area contributed by atoms with Crippen LogP contribution in [0.2, 0.25) is 0 Å². The summed E-state index contributed by atoms with van der Waals surface area (Å²) in [6.45, 7) is 4.97. The van der Waals surface area contributed by atoms with Gasteiger partial charge in [-0.3, -0.25) is 0 Å². The average molecular weight is 144 g/mol. The summed E-state index contributed by atoms with van der Waals surface area (Å²) in [5.41, 5.74) is 0.155. The summed E-state index contributed by atoms with van der Waals surface area (Å²) in [6.07, 6.45) is -1.20. The minimum atomic E-state index is -1.60. The molecule has 0 aromatic carbocycles. The maximum Gasteiger partial charge on any atom is 0.513 e. The van der Waals surface area contributed by atoms with E-state index in [1.807, 2.05) is 0 Å². The number of carbonyl (C=O) groups is 2. The average Bonchev–Trinajstić information content (AvgIpc) is 1.85. The van der Waals surface area contributed by atoms with Crippen LogP contribution in [-0.4, -0.2) is 17.2 Å². The minimum Gasteiger partial charge on any atom is -0.449 e. The first-order valence-electron chi connectivity index (χ1n) is 2.70. The van der Waals surface area contributed by atoms with Crippen LogP contribution in [0.25, 0.3) is 0 Å². The van der Waals surface area contributed by atoms with E-state index in [4.69, 9.17) is 5.11 Å². The highest BCUT2D eigenvalue weighted by atomic mass is 16.7. The van der Waals surface area contributed by atoms with E-state index in [0.717, 1.165) is 0 Å². The van der Waals surface area contributed by atoms with Gasteiger partial charge in [-0.25, -0.2) is 9.59 Å². The summed E-state index contributed by atoms with van der Waals surface area (Å²) in [5, 5.41) is 7.94. The molecule has 0 bridgehead atoms. The Balaban J connectivity index is 3.86. The van der Waals surface area contributed by atoms with E-state index in [0.29, 0.717) is 6.42 Å². The first-order valence-corrected chi connectivity index (χ1v) is 2.70. The maximum atomic E-state index is 10.5. The third-order valence-corrected chi connectivity index (χ3v) is 0.895. The van der Waals surface area contributed by atoms with Crippen molar-refractivity contribution >= 4 is 12.1 Å². The molecule has 0 saturated heterocycles. The van der Waals surface area contributed by atoms with Crippen molar-refractivity contribution in [1.82, 2.24) is 0 Å². The van der Waals surface area contributed by atoms with Crippen LogP contribution in [0.3, 0.4) is 0 Å². The first-order chi connectivity index (χ1) is 4.57. The van der Waals surface area contributed by atoms with Crippen LogP contribution in [0.5, 0.6) is 0 Å². The van der Waals surface area contributed by atoms with Crippen LogP contribution in [0.4, 0.5) is 4.79 Å². The Hall–Kier alpha value is -1.32. The number of esters is 1. The van der Waals surface area contributed by atoms with Crippen molar-refractivity contribution in [3.8, 4) is 0 Å². The fourth-order valence-corrected chi connectivity index (χ4v) is 0.296. The number of rotatable bonds is 2. The highest BCUT2D eigenvalue weighted by molar-refractivity contribution is 5.93. The Morgan fingerprint density at radius 2 is 2.10 bits per heavy atom. The van der Waals surface area contributed by atoms with Crippen molar-refractivity contribution in [2.45, 2.75) is 13.3 Å². The lowest BCUT2D eigenvalue weighted by Gasteiger charge is -1.97. The molecular formula is C6H8O4. The highest BCUT2D eigenvalue weighted by Gasteiger charge is 2.09. The molecule has 0 aliphatic heterocycles. The van der Waals surface area contributed by atoms with Crippen molar-refractivity contribution < 1.29 is 19.4 Å². The van der Waals surface area contributed by atoms with Crippen LogP contribution in [0.15, 0.2) is 12.2 Å². The molecule has 0 aromatic rings. The fourth-order valence-electron chi connectivity index (χ4n) is 0.296. The third-order valence-electron chi connectivity index (χ3n) is 0.895. The van der Waals surface area contributed by atoms with Crippen molar-refractivity contribution in [3.05, 3.63) is 12.2 Å². The van der Waals surface area contributed by atoms with E-state index in [1.54, 1.807) is 6.92 Å². The molecule has 0 aliphatic rings. The molecule has 0 aromatic heterocycles. The second-order valence-corrected chi connectivity index (χ2v) is 1.61. The van der Waals surface area contributed by atoms with Crippen LogP contribution in [-0.2, 0) is 9.53 Å². The first kappa shape index (κ1) is 8.68. The summed E-state index contributed by atoms with van der Waals surface area (Å²) >= 11 is 0. The molecular weight excluding hydrogens is 136 g/mol. The van der Waals surface area contributed by atoms with Crippen LogP contribution in [0, 0.1) is 0 Å². The smallest absolute Gasteiger partial charge is 0.449 e. The Morgan fingerprint density at radius 3 is 2.40 bits per heavy atom. The van der Waals surface area contributed by atoms with Crippen molar-refractivity contribution in [1.29, 1.82) is 0 Å². The van der Waals surface area contributed by atoms with Crippen LogP contribution in [0.1, 0.15) is 13.3 Å². The number of carboxylic acid groups (broad SMARTS) is 1. The Bertz CT molecular complexity index is 171. The van der Waals surface area contributed by atoms with E-state index < -0.39 is 12.1 Å². The molecule has 1 N–H and O–H groups in total. The predicted octanol–water partition coefficient (Wildman–Crippen LogP) is 1.17. The van der Waals surface area contributed by atoms with Gasteiger partial charge in [0.1, 0.15) is 0 Å². The molecule has 10 heavy (non-hydrogen) atoms. The Labute approximate surface area is 58.1 Å². The molecule has 0 atom stereocenters.